The van der Waals surface area contributed by atoms with Crippen LogP contribution in [0, 0.1) is 25.2 Å². The van der Waals surface area contributed by atoms with Gasteiger partial charge in [-0.2, -0.15) is 0 Å². The zero-order chi connectivity index (χ0) is 15.9. The number of aromatic nitrogens is 2. The maximum Gasteiger partial charge on any atom is 0.229 e. The lowest BCUT2D eigenvalue weighted by molar-refractivity contribution is -0.118. The summed E-state index contributed by atoms with van der Waals surface area (Å²) in [6, 6.07) is 6.26. The summed E-state index contributed by atoms with van der Waals surface area (Å²) in [5, 5.41) is 2.85. The third-order valence-electron chi connectivity index (χ3n) is 4.40. The SMILES string of the molecule is Cc1ccc(C)c(-c2cnc(NC(=O)C3CC3(C)C)cn2)c1. The van der Waals surface area contributed by atoms with Gasteiger partial charge in [-0.3, -0.25) is 9.78 Å². The van der Waals surface area contributed by atoms with Gasteiger partial charge in [-0.05, 0) is 37.3 Å². The maximum atomic E-state index is 12.1. The van der Waals surface area contributed by atoms with Crippen LogP contribution in [0.3, 0.4) is 0 Å². The van der Waals surface area contributed by atoms with Crippen molar-refractivity contribution in [2.75, 3.05) is 5.32 Å². The third kappa shape index (κ3) is 2.86. The Labute approximate surface area is 131 Å². The Kier molecular flexibility index (Phi) is 3.47. The van der Waals surface area contributed by atoms with Crippen LogP contribution in [0.5, 0.6) is 0 Å². The predicted molar refractivity (Wildman–Crippen MR) is 87.5 cm³/mol. The summed E-state index contributed by atoms with van der Waals surface area (Å²) in [6.07, 6.45) is 4.28. The second kappa shape index (κ2) is 5.20. The third-order valence-corrected chi connectivity index (χ3v) is 4.40. The molecule has 4 nitrogen and oxygen atoms in total. The zero-order valence-electron chi connectivity index (χ0n) is 13.5. The van der Waals surface area contributed by atoms with Gasteiger partial charge in [-0.15, -0.1) is 0 Å². The molecule has 0 saturated heterocycles. The van der Waals surface area contributed by atoms with Crippen LogP contribution in [-0.2, 0) is 4.79 Å². The number of rotatable bonds is 3. The molecule has 2 aromatic rings. The summed E-state index contributed by atoms with van der Waals surface area (Å²) in [6.45, 7) is 8.32. The summed E-state index contributed by atoms with van der Waals surface area (Å²) < 4.78 is 0. The minimum absolute atomic E-state index is 0.0405. The number of carbonyl (C=O) groups is 1. The smallest absolute Gasteiger partial charge is 0.229 e. The minimum atomic E-state index is 0.0405. The Morgan fingerprint density at radius 1 is 1.23 bits per heavy atom. The molecule has 1 fully saturated rings. The first-order chi connectivity index (χ1) is 10.4. The van der Waals surface area contributed by atoms with Crippen molar-refractivity contribution in [2.24, 2.45) is 11.3 Å². The second-order valence-electron chi connectivity index (χ2n) is 6.84. The molecule has 1 aromatic carbocycles. The molecular weight excluding hydrogens is 274 g/mol. The van der Waals surface area contributed by atoms with Crippen LogP contribution < -0.4 is 5.32 Å². The van der Waals surface area contributed by atoms with Crippen LogP contribution in [0.4, 0.5) is 5.82 Å². The number of anilines is 1. The second-order valence-corrected chi connectivity index (χ2v) is 6.84. The lowest BCUT2D eigenvalue weighted by Gasteiger charge is -2.08. The van der Waals surface area contributed by atoms with Crippen molar-refractivity contribution in [1.29, 1.82) is 0 Å². The molecule has 1 aromatic heterocycles. The van der Waals surface area contributed by atoms with E-state index < -0.39 is 0 Å². The van der Waals surface area contributed by atoms with Gasteiger partial charge in [0.15, 0.2) is 5.82 Å². The Balaban J connectivity index is 1.76. The molecule has 1 aliphatic carbocycles. The van der Waals surface area contributed by atoms with Crippen molar-refractivity contribution in [2.45, 2.75) is 34.1 Å². The fourth-order valence-corrected chi connectivity index (χ4v) is 2.67. The molecule has 0 radical (unpaired) electrons. The summed E-state index contributed by atoms with van der Waals surface area (Å²) in [7, 11) is 0. The fourth-order valence-electron chi connectivity index (χ4n) is 2.67. The molecule has 114 valence electrons. The van der Waals surface area contributed by atoms with Crippen molar-refractivity contribution < 1.29 is 4.79 Å². The van der Waals surface area contributed by atoms with E-state index in [1.165, 1.54) is 5.56 Å². The quantitative estimate of drug-likeness (QED) is 0.938. The van der Waals surface area contributed by atoms with Gasteiger partial charge in [0.1, 0.15) is 0 Å². The Bertz CT molecular complexity index is 720. The van der Waals surface area contributed by atoms with E-state index in [2.05, 4.69) is 61.2 Å². The summed E-state index contributed by atoms with van der Waals surface area (Å²) in [5.74, 6) is 0.647. The van der Waals surface area contributed by atoms with Crippen LogP contribution in [0.1, 0.15) is 31.4 Å². The topological polar surface area (TPSA) is 54.9 Å². The molecule has 1 N–H and O–H groups in total. The van der Waals surface area contributed by atoms with Crippen molar-refractivity contribution in [3.63, 3.8) is 0 Å². The van der Waals surface area contributed by atoms with Crippen LogP contribution in [0.15, 0.2) is 30.6 Å². The first-order valence-electron chi connectivity index (χ1n) is 7.57. The molecule has 1 atom stereocenters. The molecule has 0 bridgehead atoms. The normalized spacial score (nSPS) is 18.8. The van der Waals surface area contributed by atoms with Crippen LogP contribution >= 0.6 is 0 Å². The van der Waals surface area contributed by atoms with Crippen LogP contribution in [-0.4, -0.2) is 15.9 Å². The first kappa shape index (κ1) is 14.7. The summed E-state index contributed by atoms with van der Waals surface area (Å²) in [5.41, 5.74) is 4.38. The zero-order valence-corrected chi connectivity index (χ0v) is 13.5. The lowest BCUT2D eigenvalue weighted by atomic mass is 10.0. The van der Waals surface area contributed by atoms with Gasteiger partial charge in [0.05, 0.1) is 18.1 Å². The average molecular weight is 295 g/mol. The lowest BCUT2D eigenvalue weighted by Crippen LogP contribution is -2.17. The van der Waals surface area contributed by atoms with Crippen molar-refractivity contribution in [3.05, 3.63) is 41.7 Å². The van der Waals surface area contributed by atoms with E-state index in [4.69, 9.17) is 0 Å². The number of nitrogens with one attached hydrogen (secondary N) is 1. The van der Waals surface area contributed by atoms with Gasteiger partial charge in [-0.25, -0.2) is 4.98 Å². The summed E-state index contributed by atoms with van der Waals surface area (Å²) in [4.78, 5) is 20.8. The monoisotopic (exact) mass is 295 g/mol. The average Bonchev–Trinajstić information content (AvgIpc) is 3.12. The van der Waals surface area contributed by atoms with Crippen molar-refractivity contribution >= 4 is 11.7 Å². The molecule has 0 aliphatic heterocycles. The van der Waals surface area contributed by atoms with E-state index >= 15 is 0 Å². The highest BCUT2D eigenvalue weighted by molar-refractivity contribution is 5.94. The number of aryl methyl sites for hydroxylation is 2. The standard InChI is InChI=1S/C18H21N3O/c1-11-5-6-12(2)13(7-11)15-9-20-16(10-19-15)21-17(22)14-8-18(14,3)4/h5-7,9-10,14H,8H2,1-4H3,(H,20,21,22). The molecule has 1 saturated carbocycles. The molecular formula is C18H21N3O. The molecule has 1 aliphatic rings. The number of nitrogens with zero attached hydrogens (tertiary/aromatic N) is 2. The van der Waals surface area contributed by atoms with Gasteiger partial charge in [0.2, 0.25) is 5.91 Å². The highest BCUT2D eigenvalue weighted by atomic mass is 16.2. The van der Waals surface area contributed by atoms with E-state index in [9.17, 15) is 4.79 Å². The number of amides is 1. The van der Waals surface area contributed by atoms with E-state index in [0.29, 0.717) is 5.82 Å². The van der Waals surface area contributed by atoms with E-state index in [-0.39, 0.29) is 17.2 Å². The Morgan fingerprint density at radius 3 is 2.55 bits per heavy atom. The highest BCUT2D eigenvalue weighted by Gasteiger charge is 2.50. The molecule has 1 amide bonds. The highest BCUT2D eigenvalue weighted by Crippen LogP contribution is 2.51. The molecule has 4 heteroatoms. The van der Waals surface area contributed by atoms with E-state index in [1.54, 1.807) is 12.4 Å². The van der Waals surface area contributed by atoms with Gasteiger partial charge in [0, 0.05) is 11.5 Å². The van der Waals surface area contributed by atoms with E-state index in [0.717, 1.165) is 23.2 Å². The largest absolute Gasteiger partial charge is 0.309 e. The molecule has 1 unspecified atom stereocenters. The van der Waals surface area contributed by atoms with Gasteiger partial charge >= 0.3 is 0 Å². The van der Waals surface area contributed by atoms with Crippen molar-refractivity contribution in [3.8, 4) is 11.3 Å². The molecule has 22 heavy (non-hydrogen) atoms. The molecule has 3 rings (SSSR count). The van der Waals surface area contributed by atoms with Gasteiger partial charge in [-0.1, -0.05) is 31.5 Å². The maximum absolute atomic E-state index is 12.1. The van der Waals surface area contributed by atoms with Gasteiger partial charge < -0.3 is 5.32 Å². The Hall–Kier alpha value is -2.23. The Morgan fingerprint density at radius 2 is 1.95 bits per heavy atom. The van der Waals surface area contributed by atoms with Crippen molar-refractivity contribution in [1.82, 2.24) is 9.97 Å². The van der Waals surface area contributed by atoms with Crippen LogP contribution in [0.25, 0.3) is 11.3 Å². The fraction of sp³-hybridized carbons (Fsp3) is 0.389. The predicted octanol–water partition coefficient (Wildman–Crippen LogP) is 3.75. The number of benzene rings is 1. The number of carbonyl (C=O) groups excluding carboxylic acids is 1. The number of hydrogen-bond donors (Lipinski definition) is 1. The van der Waals surface area contributed by atoms with Crippen LogP contribution in [0.2, 0.25) is 0 Å². The van der Waals surface area contributed by atoms with Gasteiger partial charge in [0.25, 0.3) is 0 Å². The first-order valence-corrected chi connectivity index (χ1v) is 7.57. The van der Waals surface area contributed by atoms with E-state index in [1.807, 2.05) is 0 Å². The number of hydrogen-bond acceptors (Lipinski definition) is 3. The summed E-state index contributed by atoms with van der Waals surface area (Å²) >= 11 is 0. The molecule has 1 heterocycles. The minimum Gasteiger partial charge on any atom is -0.309 e. The molecule has 0 spiro atoms.